The van der Waals surface area contributed by atoms with Crippen LogP contribution in [0.4, 0.5) is 5.69 Å². The first-order valence-corrected chi connectivity index (χ1v) is 6.67. The Morgan fingerprint density at radius 1 is 1.10 bits per heavy atom. The van der Waals surface area contributed by atoms with E-state index in [1.165, 1.54) is 0 Å². The van der Waals surface area contributed by atoms with Crippen molar-refractivity contribution in [1.29, 1.82) is 5.26 Å². The summed E-state index contributed by atoms with van der Waals surface area (Å²) in [6.07, 6.45) is 0.431. The number of hydrogen-bond acceptors (Lipinski definition) is 3. The molecule has 2 N–H and O–H groups in total. The highest BCUT2D eigenvalue weighted by molar-refractivity contribution is 5.70. The average molecular weight is 280 g/mol. The van der Waals surface area contributed by atoms with Crippen LogP contribution in [0.15, 0.2) is 48.5 Å². The molecule has 2 rings (SSSR count). The van der Waals surface area contributed by atoms with Crippen LogP contribution >= 0.6 is 0 Å². The van der Waals surface area contributed by atoms with E-state index in [0.717, 1.165) is 22.4 Å². The standard InChI is InChI=1S/C17H16N2O2/c18-10-9-13-5-7-16(8-6-13)19-12-15-4-2-1-3-14(15)11-17(20)21/h1-8,19H,9,11-12H2,(H,20,21). The third-order valence-corrected chi connectivity index (χ3v) is 3.18. The average Bonchev–Trinajstić information content (AvgIpc) is 2.48. The maximum atomic E-state index is 10.8. The number of nitrogens with one attached hydrogen (secondary N) is 1. The number of benzene rings is 2. The monoisotopic (exact) mass is 280 g/mol. The molecule has 0 aromatic heterocycles. The SMILES string of the molecule is N#CCc1ccc(NCc2ccccc2CC(=O)O)cc1. The van der Waals surface area contributed by atoms with Gasteiger partial charge in [0.15, 0.2) is 0 Å². The molecule has 4 nitrogen and oxygen atoms in total. The Labute approximate surface area is 123 Å². The summed E-state index contributed by atoms with van der Waals surface area (Å²) in [7, 11) is 0. The number of rotatable bonds is 6. The minimum absolute atomic E-state index is 0.0267. The fourth-order valence-electron chi connectivity index (χ4n) is 2.09. The van der Waals surface area contributed by atoms with Crippen molar-refractivity contribution in [2.75, 3.05) is 5.32 Å². The molecule has 0 aliphatic carbocycles. The summed E-state index contributed by atoms with van der Waals surface area (Å²) in [5.74, 6) is -0.830. The van der Waals surface area contributed by atoms with Gasteiger partial charge in [-0.05, 0) is 28.8 Å². The number of nitrogens with zero attached hydrogens (tertiary/aromatic N) is 1. The lowest BCUT2D eigenvalue weighted by Gasteiger charge is -2.10. The molecular formula is C17H16N2O2. The molecule has 0 aliphatic rings. The second-order valence-corrected chi connectivity index (χ2v) is 4.72. The van der Waals surface area contributed by atoms with Crippen molar-refractivity contribution in [1.82, 2.24) is 0 Å². The molecule has 0 unspecified atom stereocenters. The topological polar surface area (TPSA) is 73.1 Å². The highest BCUT2D eigenvalue weighted by Gasteiger charge is 2.06. The number of anilines is 1. The highest BCUT2D eigenvalue weighted by Crippen LogP contribution is 2.14. The van der Waals surface area contributed by atoms with E-state index in [0.29, 0.717) is 13.0 Å². The van der Waals surface area contributed by atoms with Gasteiger partial charge in [-0.15, -0.1) is 0 Å². The number of aliphatic carboxylic acids is 1. The van der Waals surface area contributed by atoms with E-state index in [1.807, 2.05) is 48.5 Å². The molecule has 0 heterocycles. The maximum Gasteiger partial charge on any atom is 0.307 e. The predicted octanol–water partition coefficient (Wildman–Crippen LogP) is 2.99. The van der Waals surface area contributed by atoms with Gasteiger partial charge in [0.2, 0.25) is 0 Å². The van der Waals surface area contributed by atoms with Gasteiger partial charge in [-0.1, -0.05) is 36.4 Å². The lowest BCUT2D eigenvalue weighted by molar-refractivity contribution is -0.136. The van der Waals surface area contributed by atoms with Crippen molar-refractivity contribution in [3.05, 3.63) is 65.2 Å². The number of nitriles is 1. The molecule has 4 heteroatoms. The van der Waals surface area contributed by atoms with Gasteiger partial charge < -0.3 is 10.4 Å². The van der Waals surface area contributed by atoms with Crippen LogP contribution in [0.2, 0.25) is 0 Å². The van der Waals surface area contributed by atoms with E-state index < -0.39 is 5.97 Å². The lowest BCUT2D eigenvalue weighted by atomic mass is 10.0. The van der Waals surface area contributed by atoms with E-state index in [1.54, 1.807) is 0 Å². The van der Waals surface area contributed by atoms with Crippen molar-refractivity contribution in [3.63, 3.8) is 0 Å². The van der Waals surface area contributed by atoms with Crippen molar-refractivity contribution >= 4 is 11.7 Å². The molecule has 0 saturated carbocycles. The molecule has 2 aromatic rings. The molecule has 106 valence electrons. The van der Waals surface area contributed by atoms with E-state index in [4.69, 9.17) is 10.4 Å². The van der Waals surface area contributed by atoms with E-state index in [9.17, 15) is 4.79 Å². The van der Waals surface area contributed by atoms with Gasteiger partial charge in [-0.25, -0.2) is 0 Å². The Kier molecular flexibility index (Phi) is 4.94. The Hall–Kier alpha value is -2.80. The Morgan fingerprint density at radius 2 is 1.76 bits per heavy atom. The van der Waals surface area contributed by atoms with Crippen LogP contribution in [0.3, 0.4) is 0 Å². The molecule has 0 spiro atoms. The third kappa shape index (κ3) is 4.36. The van der Waals surface area contributed by atoms with E-state index in [2.05, 4.69) is 11.4 Å². The van der Waals surface area contributed by atoms with Crippen LogP contribution in [-0.4, -0.2) is 11.1 Å². The number of carbonyl (C=O) groups is 1. The van der Waals surface area contributed by atoms with Gasteiger partial charge in [0.25, 0.3) is 0 Å². The minimum atomic E-state index is -0.830. The molecule has 0 atom stereocenters. The molecule has 2 aromatic carbocycles. The lowest BCUT2D eigenvalue weighted by Crippen LogP contribution is -2.07. The zero-order chi connectivity index (χ0) is 15.1. The summed E-state index contributed by atoms with van der Waals surface area (Å²) in [6.45, 7) is 0.570. The van der Waals surface area contributed by atoms with Crippen LogP contribution in [0, 0.1) is 11.3 Å². The number of hydrogen-bond donors (Lipinski definition) is 2. The number of carboxylic acid groups (broad SMARTS) is 1. The Balaban J connectivity index is 2.02. The van der Waals surface area contributed by atoms with Crippen molar-refractivity contribution in [2.24, 2.45) is 0 Å². The van der Waals surface area contributed by atoms with Crippen LogP contribution in [0.25, 0.3) is 0 Å². The van der Waals surface area contributed by atoms with Crippen molar-refractivity contribution in [3.8, 4) is 6.07 Å². The Morgan fingerprint density at radius 3 is 2.38 bits per heavy atom. The summed E-state index contributed by atoms with van der Waals surface area (Å²) in [4.78, 5) is 10.8. The second-order valence-electron chi connectivity index (χ2n) is 4.72. The summed E-state index contributed by atoms with van der Waals surface area (Å²) in [5, 5.41) is 20.8. The summed E-state index contributed by atoms with van der Waals surface area (Å²) in [5.41, 5.74) is 3.72. The second kappa shape index (κ2) is 7.11. The van der Waals surface area contributed by atoms with Gasteiger partial charge in [-0.2, -0.15) is 5.26 Å². The highest BCUT2D eigenvalue weighted by atomic mass is 16.4. The minimum Gasteiger partial charge on any atom is -0.481 e. The predicted molar refractivity (Wildman–Crippen MR) is 80.9 cm³/mol. The van der Waals surface area contributed by atoms with Gasteiger partial charge in [-0.3, -0.25) is 4.79 Å². The van der Waals surface area contributed by atoms with Crippen LogP contribution in [-0.2, 0) is 24.2 Å². The molecular weight excluding hydrogens is 264 g/mol. The normalized spacial score (nSPS) is 9.86. The van der Waals surface area contributed by atoms with Gasteiger partial charge in [0, 0.05) is 12.2 Å². The van der Waals surface area contributed by atoms with Crippen LogP contribution in [0.1, 0.15) is 16.7 Å². The van der Waals surface area contributed by atoms with E-state index >= 15 is 0 Å². The fraction of sp³-hybridized carbons (Fsp3) is 0.176. The molecule has 0 radical (unpaired) electrons. The zero-order valence-electron chi connectivity index (χ0n) is 11.5. The molecule has 0 aliphatic heterocycles. The summed E-state index contributed by atoms with van der Waals surface area (Å²) < 4.78 is 0. The molecule has 0 bridgehead atoms. The molecule has 0 saturated heterocycles. The maximum absolute atomic E-state index is 10.8. The smallest absolute Gasteiger partial charge is 0.307 e. The summed E-state index contributed by atoms with van der Waals surface area (Å²) >= 11 is 0. The van der Waals surface area contributed by atoms with Gasteiger partial charge >= 0.3 is 5.97 Å². The third-order valence-electron chi connectivity index (χ3n) is 3.18. The molecule has 21 heavy (non-hydrogen) atoms. The quantitative estimate of drug-likeness (QED) is 0.853. The largest absolute Gasteiger partial charge is 0.481 e. The molecule has 0 amide bonds. The van der Waals surface area contributed by atoms with Gasteiger partial charge in [0.1, 0.15) is 0 Å². The van der Waals surface area contributed by atoms with Crippen molar-refractivity contribution < 1.29 is 9.90 Å². The number of carboxylic acids is 1. The first-order chi connectivity index (χ1) is 10.2. The zero-order valence-corrected chi connectivity index (χ0v) is 11.5. The first-order valence-electron chi connectivity index (χ1n) is 6.67. The van der Waals surface area contributed by atoms with Crippen molar-refractivity contribution in [2.45, 2.75) is 19.4 Å². The Bertz CT molecular complexity index is 657. The van der Waals surface area contributed by atoms with Crippen LogP contribution < -0.4 is 5.32 Å². The van der Waals surface area contributed by atoms with Gasteiger partial charge in [0.05, 0.1) is 18.9 Å². The first kappa shape index (κ1) is 14.6. The molecule has 0 fully saturated rings. The fourth-order valence-corrected chi connectivity index (χ4v) is 2.09. The summed E-state index contributed by atoms with van der Waals surface area (Å²) in [6, 6.07) is 17.3. The van der Waals surface area contributed by atoms with Crippen LogP contribution in [0.5, 0.6) is 0 Å². The van der Waals surface area contributed by atoms with E-state index in [-0.39, 0.29) is 6.42 Å².